The molecule has 1 amide bonds. The predicted molar refractivity (Wildman–Crippen MR) is 135 cm³/mol. The Hall–Kier alpha value is -2.22. The van der Waals surface area contributed by atoms with Crippen LogP contribution in [0.5, 0.6) is 5.75 Å². The second-order valence-corrected chi connectivity index (χ2v) is 10.7. The van der Waals surface area contributed by atoms with Crippen LogP contribution in [0.2, 0.25) is 10.0 Å². The Labute approximate surface area is 209 Å². The van der Waals surface area contributed by atoms with E-state index in [4.69, 9.17) is 27.9 Å². The number of hydrogen-bond donors (Lipinski definition) is 1. The van der Waals surface area contributed by atoms with E-state index in [1.807, 2.05) is 56.5 Å². The van der Waals surface area contributed by atoms with Crippen LogP contribution < -0.4 is 10.1 Å². The van der Waals surface area contributed by atoms with Crippen molar-refractivity contribution in [2.24, 2.45) is 5.41 Å². The second kappa shape index (κ2) is 10.8. The average molecular weight is 507 g/mol. The van der Waals surface area contributed by atoms with Gasteiger partial charge in [0.05, 0.1) is 23.9 Å². The molecule has 3 aromatic rings. The lowest BCUT2D eigenvalue weighted by atomic mass is 9.92. The van der Waals surface area contributed by atoms with Crippen molar-refractivity contribution < 1.29 is 9.53 Å². The van der Waals surface area contributed by atoms with Crippen LogP contribution in [-0.4, -0.2) is 27.8 Å². The zero-order valence-electron chi connectivity index (χ0n) is 19.4. The molecule has 0 saturated heterocycles. The quantitative estimate of drug-likeness (QED) is 0.353. The first-order valence-corrected chi connectivity index (χ1v) is 12.3. The van der Waals surface area contributed by atoms with Crippen molar-refractivity contribution >= 4 is 40.9 Å². The van der Waals surface area contributed by atoms with Gasteiger partial charge in [0.2, 0.25) is 5.91 Å². The molecule has 0 aliphatic carbocycles. The van der Waals surface area contributed by atoms with E-state index < -0.39 is 0 Å². The van der Waals surface area contributed by atoms with E-state index >= 15 is 0 Å². The molecular formula is C24H28Cl2N4O2S. The largest absolute Gasteiger partial charge is 0.497 e. The summed E-state index contributed by atoms with van der Waals surface area (Å²) in [4.78, 5) is 12.6. The van der Waals surface area contributed by atoms with Gasteiger partial charge >= 0.3 is 0 Å². The maximum atomic E-state index is 12.6. The number of hydrogen-bond acceptors (Lipinski definition) is 5. The van der Waals surface area contributed by atoms with Crippen LogP contribution in [0.1, 0.15) is 51.5 Å². The summed E-state index contributed by atoms with van der Waals surface area (Å²) in [6, 6.07) is 12.7. The number of carbonyl (C=O) groups is 1. The van der Waals surface area contributed by atoms with E-state index in [-0.39, 0.29) is 17.4 Å². The summed E-state index contributed by atoms with van der Waals surface area (Å²) in [6.45, 7) is 7.96. The van der Waals surface area contributed by atoms with Gasteiger partial charge in [-0.25, -0.2) is 0 Å². The molecule has 1 unspecified atom stereocenters. The summed E-state index contributed by atoms with van der Waals surface area (Å²) >= 11 is 14.3. The van der Waals surface area contributed by atoms with Gasteiger partial charge in [0.15, 0.2) is 11.0 Å². The zero-order chi connectivity index (χ0) is 24.2. The van der Waals surface area contributed by atoms with E-state index in [0.29, 0.717) is 38.9 Å². The highest BCUT2D eigenvalue weighted by molar-refractivity contribution is 7.98. The molecule has 9 heteroatoms. The van der Waals surface area contributed by atoms with E-state index in [1.165, 1.54) is 11.8 Å². The minimum Gasteiger partial charge on any atom is -0.497 e. The highest BCUT2D eigenvalue weighted by atomic mass is 35.5. The van der Waals surface area contributed by atoms with Gasteiger partial charge in [0, 0.05) is 17.2 Å². The number of benzene rings is 2. The minimum atomic E-state index is -0.381. The number of aromatic nitrogens is 3. The molecular weight excluding hydrogens is 479 g/mol. The van der Waals surface area contributed by atoms with Crippen LogP contribution in [0.3, 0.4) is 0 Å². The van der Waals surface area contributed by atoms with Gasteiger partial charge < -0.3 is 10.1 Å². The molecule has 1 heterocycles. The Kier molecular flexibility index (Phi) is 8.32. The molecule has 2 aromatic carbocycles. The molecule has 0 bridgehead atoms. The fraction of sp³-hybridized carbons (Fsp3) is 0.375. The number of halogens is 2. The molecule has 0 fully saturated rings. The van der Waals surface area contributed by atoms with Crippen LogP contribution in [0.4, 0.5) is 0 Å². The van der Waals surface area contributed by atoms with Crippen LogP contribution in [0.25, 0.3) is 5.69 Å². The summed E-state index contributed by atoms with van der Waals surface area (Å²) < 4.78 is 7.18. The van der Waals surface area contributed by atoms with Gasteiger partial charge in [-0.1, -0.05) is 67.9 Å². The first kappa shape index (κ1) is 25.4. The van der Waals surface area contributed by atoms with E-state index in [2.05, 4.69) is 15.5 Å². The van der Waals surface area contributed by atoms with Crippen molar-refractivity contribution in [3.8, 4) is 11.4 Å². The number of nitrogens with zero attached hydrogens (tertiary/aromatic N) is 3. The molecule has 1 aromatic heterocycles. The van der Waals surface area contributed by atoms with Crippen molar-refractivity contribution in [3.63, 3.8) is 0 Å². The molecule has 176 valence electrons. The van der Waals surface area contributed by atoms with Crippen molar-refractivity contribution in [3.05, 3.63) is 63.9 Å². The highest BCUT2D eigenvalue weighted by Gasteiger charge is 2.24. The van der Waals surface area contributed by atoms with Gasteiger partial charge in [-0.05, 0) is 48.2 Å². The first-order valence-electron chi connectivity index (χ1n) is 10.5. The topological polar surface area (TPSA) is 69.0 Å². The molecule has 0 spiro atoms. The number of thioether (sulfide) groups is 1. The first-order chi connectivity index (χ1) is 15.6. The van der Waals surface area contributed by atoms with Crippen LogP contribution in [0.15, 0.2) is 47.6 Å². The summed E-state index contributed by atoms with van der Waals surface area (Å²) in [5.74, 6) is 1.98. The number of nitrogens with one attached hydrogen (secondary N) is 1. The highest BCUT2D eigenvalue weighted by Crippen LogP contribution is 2.33. The SMILES string of the molecule is COc1cccc(CSc2nnc(C(C)NC(=O)CC(C)(C)C)n2-c2cc(Cl)ccc2Cl)c1. The fourth-order valence-electron chi connectivity index (χ4n) is 3.29. The molecule has 33 heavy (non-hydrogen) atoms. The van der Waals surface area contributed by atoms with E-state index in [0.717, 1.165) is 11.3 Å². The lowest BCUT2D eigenvalue weighted by Gasteiger charge is -2.21. The molecule has 1 atom stereocenters. The Bertz CT molecular complexity index is 1130. The number of amides is 1. The maximum Gasteiger partial charge on any atom is 0.221 e. The molecule has 0 aliphatic rings. The Morgan fingerprint density at radius 2 is 1.94 bits per heavy atom. The summed E-state index contributed by atoms with van der Waals surface area (Å²) in [5, 5.41) is 13.6. The summed E-state index contributed by atoms with van der Waals surface area (Å²) in [6.07, 6.45) is 0.404. The van der Waals surface area contributed by atoms with Crippen LogP contribution in [-0.2, 0) is 10.5 Å². The van der Waals surface area contributed by atoms with Crippen molar-refractivity contribution in [2.75, 3.05) is 7.11 Å². The Morgan fingerprint density at radius 1 is 1.18 bits per heavy atom. The van der Waals surface area contributed by atoms with Crippen molar-refractivity contribution in [1.82, 2.24) is 20.1 Å². The number of carbonyl (C=O) groups excluding carboxylic acids is 1. The van der Waals surface area contributed by atoms with Gasteiger partial charge in [0.25, 0.3) is 0 Å². The predicted octanol–water partition coefficient (Wildman–Crippen LogP) is 6.49. The molecule has 0 aliphatic heterocycles. The third-order valence-electron chi connectivity index (χ3n) is 4.77. The average Bonchev–Trinajstić information content (AvgIpc) is 3.16. The van der Waals surface area contributed by atoms with Crippen molar-refractivity contribution in [1.29, 1.82) is 0 Å². The van der Waals surface area contributed by atoms with E-state index in [9.17, 15) is 4.79 Å². The van der Waals surface area contributed by atoms with Gasteiger partial charge in [-0.3, -0.25) is 9.36 Å². The molecule has 3 rings (SSSR count). The Morgan fingerprint density at radius 3 is 2.64 bits per heavy atom. The summed E-state index contributed by atoms with van der Waals surface area (Å²) in [5.41, 5.74) is 1.62. The van der Waals surface area contributed by atoms with Crippen molar-refractivity contribution in [2.45, 2.75) is 51.1 Å². The van der Waals surface area contributed by atoms with Crippen LogP contribution in [0, 0.1) is 5.41 Å². The number of methoxy groups -OCH3 is 1. The lowest BCUT2D eigenvalue weighted by molar-refractivity contribution is -0.123. The fourth-order valence-corrected chi connectivity index (χ4v) is 4.55. The third-order valence-corrected chi connectivity index (χ3v) is 6.32. The molecule has 1 N–H and O–H groups in total. The monoisotopic (exact) mass is 506 g/mol. The van der Waals surface area contributed by atoms with Crippen LogP contribution >= 0.6 is 35.0 Å². The van der Waals surface area contributed by atoms with Gasteiger partial charge in [-0.15, -0.1) is 10.2 Å². The molecule has 6 nitrogen and oxygen atoms in total. The zero-order valence-corrected chi connectivity index (χ0v) is 21.7. The maximum absolute atomic E-state index is 12.6. The lowest BCUT2D eigenvalue weighted by Crippen LogP contribution is -2.31. The molecule has 0 saturated carbocycles. The standard InChI is InChI=1S/C24H28Cl2N4O2S/c1-15(27-21(31)13-24(2,3)4)22-28-29-23(30(22)20-12-17(25)9-10-19(20)26)33-14-16-7-6-8-18(11-16)32-5/h6-12,15H,13-14H2,1-5H3,(H,27,31). The number of ether oxygens (including phenoxy) is 1. The number of rotatable bonds is 8. The smallest absolute Gasteiger partial charge is 0.221 e. The Balaban J connectivity index is 1.94. The summed E-state index contributed by atoms with van der Waals surface area (Å²) in [7, 11) is 1.64. The normalized spacial score (nSPS) is 12.5. The van der Waals surface area contributed by atoms with Gasteiger partial charge in [-0.2, -0.15) is 0 Å². The molecule has 0 radical (unpaired) electrons. The minimum absolute atomic E-state index is 0.0488. The third kappa shape index (κ3) is 6.88. The van der Waals surface area contributed by atoms with E-state index in [1.54, 1.807) is 25.3 Å². The second-order valence-electron chi connectivity index (χ2n) is 8.94. The van der Waals surface area contributed by atoms with Gasteiger partial charge in [0.1, 0.15) is 5.75 Å².